The monoisotopic (exact) mass is 937 g/mol. The number of rotatable bonds is 36. The molecule has 0 atom stereocenters. The molecule has 0 heterocycles. The number of ketones is 2. The standard InChI is InChI=1S/2C18H36O2.2C10H10O2.Ti/c2*1-2-3-4-5-6-7-8-9-10-11-12-13-14-15-16-17-18(19)20;2*1-8(11)7-10(12)9-5-3-2-4-6-9;/h2*2-17H2,1H3,(H,19,20);2*2-7,12H,1H3;/q;;;;+4/p-4/b;;2*10-7-;. The van der Waals surface area contributed by atoms with E-state index in [0.717, 1.165) is 37.8 Å². The Hall–Kier alpha value is -3.49. The Morgan fingerprint density at radius 3 is 0.738 bits per heavy atom. The third-order valence-electron chi connectivity index (χ3n) is 10.8. The van der Waals surface area contributed by atoms with Crippen LogP contribution in [0, 0.1) is 0 Å². The molecular weight excluding hydrogens is 848 g/mol. The van der Waals surface area contributed by atoms with Crippen molar-refractivity contribution in [3.8, 4) is 0 Å². The Morgan fingerprint density at radius 2 is 0.554 bits per heavy atom. The van der Waals surface area contributed by atoms with Gasteiger partial charge in [0, 0.05) is 11.9 Å². The van der Waals surface area contributed by atoms with Crippen molar-refractivity contribution in [3.05, 3.63) is 83.9 Å². The van der Waals surface area contributed by atoms with Crippen LogP contribution in [0.4, 0.5) is 0 Å². The number of carboxylic acids is 2. The minimum Gasteiger partial charge on any atom is -0.872 e. The maximum atomic E-state index is 11.2. The number of carbonyl (C=O) groups is 4. The minimum atomic E-state index is -0.903. The van der Waals surface area contributed by atoms with Crippen LogP contribution in [0.3, 0.4) is 0 Å². The normalized spacial score (nSPS) is 10.8. The number of allylic oxidation sites excluding steroid dienone is 2. The Kier molecular flexibility index (Phi) is 52.1. The molecule has 0 fully saturated rings. The van der Waals surface area contributed by atoms with Gasteiger partial charge in [-0.15, -0.1) is 0 Å². The second kappa shape index (κ2) is 51.5. The third kappa shape index (κ3) is 53.0. The maximum Gasteiger partial charge on any atom is 4.00 e. The quantitative estimate of drug-likeness (QED) is 0.0282. The fraction of sp³-hybridized carbons (Fsp3) is 0.643. The van der Waals surface area contributed by atoms with Gasteiger partial charge >= 0.3 is 21.7 Å². The zero-order chi connectivity index (χ0) is 47.7. The van der Waals surface area contributed by atoms with E-state index in [4.69, 9.17) is 0 Å². The van der Waals surface area contributed by atoms with Crippen molar-refractivity contribution in [2.45, 2.75) is 233 Å². The van der Waals surface area contributed by atoms with Crippen LogP contribution < -0.4 is 20.4 Å². The molecule has 0 saturated carbocycles. The fourth-order valence-electron chi connectivity index (χ4n) is 7.02. The fourth-order valence-corrected chi connectivity index (χ4v) is 7.02. The molecule has 9 heteroatoms. The van der Waals surface area contributed by atoms with Crippen LogP contribution in [0.1, 0.15) is 244 Å². The maximum absolute atomic E-state index is 11.2. The molecule has 2 aromatic carbocycles. The van der Waals surface area contributed by atoms with E-state index in [1.807, 2.05) is 12.1 Å². The molecule has 0 amide bonds. The van der Waals surface area contributed by atoms with Crippen molar-refractivity contribution in [3.63, 3.8) is 0 Å². The van der Waals surface area contributed by atoms with Crippen LogP contribution in [0.5, 0.6) is 0 Å². The van der Waals surface area contributed by atoms with Gasteiger partial charge < -0.3 is 30.0 Å². The molecule has 2 rings (SSSR count). The average Bonchev–Trinajstić information content (AvgIpc) is 3.27. The average molecular weight is 937 g/mol. The summed E-state index contributed by atoms with van der Waals surface area (Å²) in [6.45, 7) is 7.26. The number of benzene rings is 2. The molecule has 0 N–H and O–H groups in total. The van der Waals surface area contributed by atoms with Crippen LogP contribution in [-0.4, -0.2) is 23.5 Å². The molecule has 2 aromatic rings. The van der Waals surface area contributed by atoms with Crippen molar-refractivity contribution in [1.29, 1.82) is 0 Å². The first-order chi connectivity index (χ1) is 30.9. The topological polar surface area (TPSA) is 161 Å². The molecular formula is C56H88O8Ti. The van der Waals surface area contributed by atoms with Gasteiger partial charge in [0.05, 0.1) is 0 Å². The summed E-state index contributed by atoms with van der Waals surface area (Å²) in [6.07, 6.45) is 41.9. The van der Waals surface area contributed by atoms with E-state index in [1.165, 1.54) is 181 Å². The van der Waals surface area contributed by atoms with Crippen molar-refractivity contribution < 1.29 is 61.3 Å². The van der Waals surface area contributed by atoms with Gasteiger partial charge in [0.15, 0.2) is 11.6 Å². The van der Waals surface area contributed by atoms with Gasteiger partial charge in [-0.2, -0.15) is 0 Å². The van der Waals surface area contributed by atoms with Gasteiger partial charge in [-0.1, -0.05) is 266 Å². The molecule has 364 valence electrons. The molecule has 0 bridgehead atoms. The third-order valence-corrected chi connectivity index (χ3v) is 10.8. The summed E-state index contributed by atoms with van der Waals surface area (Å²) in [5.74, 6) is -2.71. The molecule has 8 nitrogen and oxygen atoms in total. The predicted octanol–water partition coefficient (Wildman–Crippen LogP) is 11.9. The number of carbonyl (C=O) groups excluding carboxylic acids is 4. The summed E-state index contributed by atoms with van der Waals surface area (Å²) < 4.78 is 0. The molecule has 0 aromatic heterocycles. The second-order valence-corrected chi connectivity index (χ2v) is 17.1. The Labute approximate surface area is 411 Å². The number of hydrogen-bond acceptors (Lipinski definition) is 8. The number of carboxylic acid groups (broad SMARTS) is 2. The van der Waals surface area contributed by atoms with Gasteiger partial charge in [0.1, 0.15) is 0 Å². The summed E-state index contributed by atoms with van der Waals surface area (Å²) in [4.78, 5) is 41.5. The van der Waals surface area contributed by atoms with Crippen LogP contribution >= 0.6 is 0 Å². The van der Waals surface area contributed by atoms with Crippen molar-refractivity contribution in [2.75, 3.05) is 0 Å². The molecule has 0 unspecified atom stereocenters. The summed E-state index contributed by atoms with van der Waals surface area (Å²) in [5.41, 5.74) is 1.10. The molecule has 0 aliphatic rings. The Bertz CT molecular complexity index is 1330. The van der Waals surface area contributed by atoms with Crippen LogP contribution in [0.2, 0.25) is 0 Å². The smallest absolute Gasteiger partial charge is 0.872 e. The Balaban J connectivity index is -0.000000804. The van der Waals surface area contributed by atoms with Crippen LogP contribution in [0.15, 0.2) is 72.8 Å². The number of aliphatic carboxylic acids is 2. The summed E-state index contributed by atoms with van der Waals surface area (Å²) in [5, 5.41) is 42.8. The van der Waals surface area contributed by atoms with E-state index in [2.05, 4.69) is 13.8 Å². The van der Waals surface area contributed by atoms with E-state index < -0.39 is 11.9 Å². The number of unbranched alkanes of at least 4 members (excludes halogenated alkanes) is 28. The van der Waals surface area contributed by atoms with Gasteiger partial charge in [0.2, 0.25) is 0 Å². The van der Waals surface area contributed by atoms with Gasteiger partial charge in [0.25, 0.3) is 0 Å². The summed E-state index contributed by atoms with van der Waals surface area (Å²) >= 11 is 0. The van der Waals surface area contributed by atoms with Crippen molar-refractivity contribution in [1.82, 2.24) is 0 Å². The van der Waals surface area contributed by atoms with E-state index >= 15 is 0 Å². The van der Waals surface area contributed by atoms with E-state index in [9.17, 15) is 39.6 Å². The van der Waals surface area contributed by atoms with Gasteiger partial charge in [-0.3, -0.25) is 9.59 Å². The van der Waals surface area contributed by atoms with E-state index in [0.29, 0.717) is 11.1 Å². The summed E-state index contributed by atoms with van der Waals surface area (Å²) in [7, 11) is 0. The second-order valence-electron chi connectivity index (χ2n) is 17.1. The zero-order valence-corrected chi connectivity index (χ0v) is 42.9. The van der Waals surface area contributed by atoms with Gasteiger partial charge in [-0.05, 0) is 62.8 Å². The Morgan fingerprint density at radius 1 is 0.354 bits per heavy atom. The van der Waals surface area contributed by atoms with E-state index in [-0.39, 0.29) is 57.6 Å². The van der Waals surface area contributed by atoms with Crippen LogP contribution in [-0.2, 0) is 40.9 Å². The zero-order valence-electron chi connectivity index (χ0n) is 41.3. The first-order valence-corrected chi connectivity index (χ1v) is 25.2. The molecule has 0 spiro atoms. The molecule has 65 heavy (non-hydrogen) atoms. The predicted molar refractivity (Wildman–Crippen MR) is 259 cm³/mol. The molecule has 0 aliphatic carbocycles. The molecule has 0 radical (unpaired) electrons. The van der Waals surface area contributed by atoms with Crippen molar-refractivity contribution >= 4 is 35.0 Å². The molecule has 0 aliphatic heterocycles. The number of hydrogen-bond donors (Lipinski definition) is 0. The first-order valence-electron chi connectivity index (χ1n) is 25.2. The minimum absolute atomic E-state index is 0. The SMILES string of the molecule is CC(=O)/C=C(\[O-])c1ccccc1.CC(=O)/C=C(\[O-])c1ccccc1.CCCCCCCCCCCCCCCCCC(=O)[O-].CCCCCCCCCCCCCCCCCC(=O)[O-].[Ti+4]. The van der Waals surface area contributed by atoms with Crippen LogP contribution in [0.25, 0.3) is 11.5 Å². The van der Waals surface area contributed by atoms with Gasteiger partial charge in [-0.25, -0.2) is 0 Å². The summed E-state index contributed by atoms with van der Waals surface area (Å²) in [6, 6.07) is 17.4. The molecule has 0 saturated heterocycles. The first kappa shape index (κ1) is 65.8. The van der Waals surface area contributed by atoms with E-state index in [1.54, 1.807) is 48.5 Å². The largest absolute Gasteiger partial charge is 4.00 e. The van der Waals surface area contributed by atoms with Crippen molar-refractivity contribution in [2.24, 2.45) is 0 Å².